The third-order valence-corrected chi connectivity index (χ3v) is 6.39. The molecule has 2 N–H and O–H groups in total. The maximum atomic E-state index is 12.2. The van der Waals surface area contributed by atoms with Crippen LogP contribution in [0, 0.1) is 13.8 Å². The Hall–Kier alpha value is -5.56. The highest BCUT2D eigenvalue weighted by atomic mass is 16.5. The van der Waals surface area contributed by atoms with E-state index in [2.05, 4.69) is 9.97 Å². The molecular weight excluding hydrogens is 516 g/mol. The van der Waals surface area contributed by atoms with Crippen LogP contribution in [-0.4, -0.2) is 27.0 Å². The van der Waals surface area contributed by atoms with Gasteiger partial charge in [-0.2, -0.15) is 0 Å². The number of rotatable bonds is 3. The summed E-state index contributed by atoms with van der Waals surface area (Å²) < 4.78 is 5.35. The number of aromatic amines is 1. The van der Waals surface area contributed by atoms with Crippen LogP contribution < -0.4 is 10.2 Å². The summed E-state index contributed by atoms with van der Waals surface area (Å²) in [5, 5.41) is 13.2. The summed E-state index contributed by atoms with van der Waals surface area (Å²) in [4.78, 5) is 40.0. The van der Waals surface area contributed by atoms with Crippen LogP contribution in [0.1, 0.15) is 31.8 Å². The normalized spacial score (nSPS) is 10.1. The van der Waals surface area contributed by atoms with E-state index in [0.29, 0.717) is 16.9 Å². The van der Waals surface area contributed by atoms with Crippen molar-refractivity contribution in [2.24, 2.45) is 0 Å². The number of hydrogen-bond donors (Lipinski definition) is 2. The minimum Gasteiger partial charge on any atom is -0.478 e. The standard InChI is InChI=1S/C17H13NO2.C12H10O2.C5H5NO/c1-12-15-5-3-2-4-13(15)6-7-16(12)17(19)20-14-8-10-18-11-9-14;1-8-10-5-3-2-4-9(10)6-7-11(8)12(13)14;7-5-1-3-6-4-2-5/h2-11H,1H3;2-7H,1H3,(H,13,14);1-4H,(H,6,7). The minimum atomic E-state index is -0.867. The van der Waals surface area contributed by atoms with Gasteiger partial charge in [0.05, 0.1) is 11.1 Å². The maximum absolute atomic E-state index is 12.2. The lowest BCUT2D eigenvalue weighted by Crippen LogP contribution is -2.10. The summed E-state index contributed by atoms with van der Waals surface area (Å²) in [6.07, 6.45) is 6.39. The largest absolute Gasteiger partial charge is 0.478 e. The summed E-state index contributed by atoms with van der Waals surface area (Å²) in [5.74, 6) is -0.717. The first kappa shape index (κ1) is 28.4. The predicted molar refractivity (Wildman–Crippen MR) is 161 cm³/mol. The fourth-order valence-corrected chi connectivity index (χ4v) is 4.25. The second-order valence-corrected chi connectivity index (χ2v) is 9.03. The summed E-state index contributed by atoms with van der Waals surface area (Å²) >= 11 is 0. The quantitative estimate of drug-likeness (QED) is 0.233. The van der Waals surface area contributed by atoms with E-state index in [4.69, 9.17) is 9.84 Å². The molecule has 2 aromatic heterocycles. The van der Waals surface area contributed by atoms with E-state index < -0.39 is 5.97 Å². The molecule has 0 spiro atoms. The Morgan fingerprint density at radius 1 is 0.683 bits per heavy atom. The highest BCUT2D eigenvalue weighted by Gasteiger charge is 2.13. The number of carbonyl (C=O) groups is 2. The SMILES string of the molecule is Cc1c(C(=O)O)ccc2ccccc12.Cc1c(C(=O)Oc2ccncc2)ccc2ccccc12.O=c1cc[nH]cc1. The average molecular weight is 545 g/mol. The number of aromatic carboxylic acids is 1. The molecule has 0 unspecified atom stereocenters. The molecule has 7 heteroatoms. The second kappa shape index (κ2) is 13.5. The van der Waals surface area contributed by atoms with Crippen molar-refractivity contribution in [3.63, 3.8) is 0 Å². The Morgan fingerprint density at radius 3 is 1.71 bits per heavy atom. The van der Waals surface area contributed by atoms with Gasteiger partial charge < -0.3 is 14.8 Å². The van der Waals surface area contributed by atoms with E-state index in [-0.39, 0.29) is 11.4 Å². The van der Waals surface area contributed by atoms with Gasteiger partial charge in [-0.15, -0.1) is 0 Å². The van der Waals surface area contributed by atoms with Crippen LogP contribution in [0.15, 0.2) is 127 Å². The highest BCUT2D eigenvalue weighted by Crippen LogP contribution is 2.23. The molecule has 4 aromatic carbocycles. The van der Waals surface area contributed by atoms with Crippen molar-refractivity contribution in [2.75, 3.05) is 0 Å². The molecule has 0 saturated carbocycles. The Kier molecular flexibility index (Phi) is 9.36. The van der Waals surface area contributed by atoms with Crippen LogP contribution >= 0.6 is 0 Å². The first-order valence-corrected chi connectivity index (χ1v) is 12.8. The van der Waals surface area contributed by atoms with Gasteiger partial charge in [-0.3, -0.25) is 9.78 Å². The number of aryl methyl sites for hydroxylation is 2. The van der Waals surface area contributed by atoms with E-state index in [1.54, 1.807) is 49.1 Å². The minimum absolute atomic E-state index is 0.0405. The van der Waals surface area contributed by atoms with Crippen molar-refractivity contribution >= 4 is 33.5 Å². The molecule has 0 atom stereocenters. The maximum Gasteiger partial charge on any atom is 0.343 e. The van der Waals surface area contributed by atoms with E-state index >= 15 is 0 Å². The highest BCUT2D eigenvalue weighted by molar-refractivity contribution is 5.99. The van der Waals surface area contributed by atoms with E-state index in [9.17, 15) is 14.4 Å². The lowest BCUT2D eigenvalue weighted by molar-refractivity contribution is 0.0693. The van der Waals surface area contributed by atoms with E-state index in [1.165, 1.54) is 12.1 Å². The number of carbonyl (C=O) groups excluding carboxylic acids is 1. The molecule has 0 saturated heterocycles. The Bertz CT molecular complexity index is 1850. The number of carboxylic acid groups (broad SMARTS) is 1. The number of esters is 1. The van der Waals surface area contributed by atoms with Gasteiger partial charge in [-0.1, -0.05) is 60.7 Å². The van der Waals surface area contributed by atoms with Gasteiger partial charge in [-0.25, -0.2) is 9.59 Å². The molecule has 7 nitrogen and oxygen atoms in total. The Morgan fingerprint density at radius 2 is 1.20 bits per heavy atom. The number of ether oxygens (including phenoxy) is 1. The monoisotopic (exact) mass is 544 g/mol. The lowest BCUT2D eigenvalue weighted by Gasteiger charge is -2.09. The smallest absolute Gasteiger partial charge is 0.343 e. The van der Waals surface area contributed by atoms with Crippen molar-refractivity contribution in [1.82, 2.24) is 9.97 Å². The molecule has 0 radical (unpaired) electrons. The van der Waals surface area contributed by atoms with Gasteiger partial charge in [0, 0.05) is 36.9 Å². The second-order valence-electron chi connectivity index (χ2n) is 9.03. The van der Waals surface area contributed by atoms with Crippen molar-refractivity contribution < 1.29 is 19.4 Å². The molecule has 0 aliphatic rings. The number of H-pyrrole nitrogens is 1. The number of aromatic nitrogens is 2. The molecule has 2 heterocycles. The number of nitrogens with zero attached hydrogens (tertiary/aromatic N) is 1. The zero-order valence-electron chi connectivity index (χ0n) is 22.6. The van der Waals surface area contributed by atoms with Crippen LogP contribution in [0.3, 0.4) is 0 Å². The molecule has 0 amide bonds. The number of carboxylic acids is 1. The van der Waals surface area contributed by atoms with Gasteiger partial charge in [0.1, 0.15) is 5.75 Å². The number of fused-ring (bicyclic) bond motifs is 2. The molecule has 204 valence electrons. The molecule has 0 bridgehead atoms. The van der Waals surface area contributed by atoms with Gasteiger partial charge >= 0.3 is 11.9 Å². The molecule has 0 fully saturated rings. The topological polar surface area (TPSA) is 109 Å². The zero-order valence-corrected chi connectivity index (χ0v) is 22.6. The third-order valence-electron chi connectivity index (χ3n) is 6.39. The molecular formula is C34H28N2O5. The van der Waals surface area contributed by atoms with Gasteiger partial charge in [0.25, 0.3) is 0 Å². The number of nitrogens with one attached hydrogen (secondary N) is 1. The van der Waals surface area contributed by atoms with E-state index in [0.717, 1.165) is 32.7 Å². The van der Waals surface area contributed by atoms with Crippen LogP contribution in [0.2, 0.25) is 0 Å². The number of benzene rings is 4. The zero-order chi connectivity index (χ0) is 29.2. The third kappa shape index (κ3) is 7.30. The first-order valence-electron chi connectivity index (χ1n) is 12.8. The summed E-state index contributed by atoms with van der Waals surface area (Å²) in [5.41, 5.74) is 2.76. The summed E-state index contributed by atoms with van der Waals surface area (Å²) in [6, 6.07) is 29.3. The van der Waals surface area contributed by atoms with Crippen LogP contribution in [0.4, 0.5) is 0 Å². The first-order chi connectivity index (χ1) is 19.8. The molecule has 41 heavy (non-hydrogen) atoms. The fraction of sp³-hybridized carbons (Fsp3) is 0.0588. The summed E-state index contributed by atoms with van der Waals surface area (Å²) in [7, 11) is 0. The molecule has 6 aromatic rings. The average Bonchev–Trinajstić information content (AvgIpc) is 2.99. The van der Waals surface area contributed by atoms with E-state index in [1.807, 2.05) is 74.5 Å². The van der Waals surface area contributed by atoms with Crippen molar-refractivity contribution in [3.05, 3.63) is 154 Å². The molecule has 6 rings (SSSR count). The van der Waals surface area contributed by atoms with Crippen molar-refractivity contribution in [3.8, 4) is 5.75 Å². The van der Waals surface area contributed by atoms with Crippen LogP contribution in [-0.2, 0) is 0 Å². The van der Waals surface area contributed by atoms with Gasteiger partial charge in [0.2, 0.25) is 0 Å². The molecule has 0 aliphatic heterocycles. The Labute approximate surface area is 236 Å². The number of hydrogen-bond acceptors (Lipinski definition) is 5. The van der Waals surface area contributed by atoms with Gasteiger partial charge in [0.15, 0.2) is 5.43 Å². The van der Waals surface area contributed by atoms with Crippen molar-refractivity contribution in [1.29, 1.82) is 0 Å². The number of pyridine rings is 2. The summed E-state index contributed by atoms with van der Waals surface area (Å²) in [6.45, 7) is 3.78. The predicted octanol–water partition coefficient (Wildman–Crippen LogP) is 6.98. The fourth-order valence-electron chi connectivity index (χ4n) is 4.25. The van der Waals surface area contributed by atoms with Crippen LogP contribution in [0.5, 0.6) is 5.75 Å². The molecule has 0 aliphatic carbocycles. The van der Waals surface area contributed by atoms with Gasteiger partial charge in [-0.05, 0) is 70.8 Å². The Balaban J connectivity index is 0.000000159. The van der Waals surface area contributed by atoms with Crippen molar-refractivity contribution in [2.45, 2.75) is 13.8 Å². The lowest BCUT2D eigenvalue weighted by atomic mass is 10.0. The van der Waals surface area contributed by atoms with Crippen LogP contribution in [0.25, 0.3) is 21.5 Å².